The summed E-state index contributed by atoms with van der Waals surface area (Å²) in [5.74, 6) is 1.45. The van der Waals surface area contributed by atoms with Gasteiger partial charge in [-0.1, -0.05) is 200 Å². The first kappa shape index (κ1) is 42.1. The highest BCUT2D eigenvalue weighted by Gasteiger charge is 2.22. The van der Waals surface area contributed by atoms with Gasteiger partial charge in [0.2, 0.25) is 0 Å². The molecule has 1 aliphatic rings. The maximum atomic E-state index is 12.7. The van der Waals surface area contributed by atoms with Crippen LogP contribution in [0.4, 0.5) is 0 Å². The van der Waals surface area contributed by atoms with Crippen molar-refractivity contribution in [3.63, 3.8) is 0 Å². The fourth-order valence-electron chi connectivity index (χ4n) is 6.99. The highest BCUT2D eigenvalue weighted by molar-refractivity contribution is 5.87. The number of amidine groups is 1. The van der Waals surface area contributed by atoms with Gasteiger partial charge >= 0.3 is 0 Å². The lowest BCUT2D eigenvalue weighted by atomic mass is 10.0. The average Bonchev–Trinajstić information content (AvgIpc) is 3.49. The third-order valence-electron chi connectivity index (χ3n) is 10.1. The number of rotatable bonds is 36. The van der Waals surface area contributed by atoms with Gasteiger partial charge in [-0.15, -0.1) is 0 Å². The van der Waals surface area contributed by atoms with Crippen molar-refractivity contribution in [3.05, 3.63) is 0 Å². The monoisotopic (exact) mass is 632 g/mol. The average molecular weight is 632 g/mol. The summed E-state index contributed by atoms with van der Waals surface area (Å²) in [6, 6.07) is -0.356. The zero-order valence-electron chi connectivity index (χ0n) is 30.9. The highest BCUT2D eigenvalue weighted by Crippen LogP contribution is 2.17. The minimum atomic E-state index is -0.356. The van der Waals surface area contributed by atoms with Crippen LogP contribution in [0.15, 0.2) is 4.99 Å². The second kappa shape index (κ2) is 33.0. The minimum Gasteiger partial charge on any atom is -0.356 e. The Balaban J connectivity index is 1.91. The maximum Gasteiger partial charge on any atom is 0.151 e. The molecule has 1 unspecified atom stereocenters. The summed E-state index contributed by atoms with van der Waals surface area (Å²) in [7, 11) is 0. The predicted octanol–water partition coefficient (Wildman–Crippen LogP) is 12.5. The van der Waals surface area contributed by atoms with E-state index in [1.807, 2.05) is 0 Å². The molecule has 0 aromatic carbocycles. The van der Waals surface area contributed by atoms with Gasteiger partial charge in [0.05, 0.1) is 18.4 Å². The molecule has 1 aliphatic heterocycles. The number of carbonyl (C=O) groups is 1. The first-order chi connectivity index (χ1) is 22.2. The van der Waals surface area contributed by atoms with E-state index >= 15 is 0 Å². The Morgan fingerprint density at radius 2 is 0.889 bits per heavy atom. The molecular formula is C41H81N3O. The smallest absolute Gasteiger partial charge is 0.151 e. The SMILES string of the molecule is CCCCCCCCCCCCCCCCCCC1=NCCN1CC(N)C(=O)CCCCCCCCCCCCCCCCC. The van der Waals surface area contributed by atoms with Crippen molar-refractivity contribution < 1.29 is 4.79 Å². The quantitative estimate of drug-likeness (QED) is 0.0700. The van der Waals surface area contributed by atoms with Gasteiger partial charge in [-0.05, 0) is 12.8 Å². The Hall–Kier alpha value is -0.900. The Labute approximate surface area is 282 Å². The molecular weight excluding hydrogens is 550 g/mol. The maximum absolute atomic E-state index is 12.7. The molecule has 0 amide bonds. The summed E-state index contributed by atoms with van der Waals surface area (Å²) in [5, 5.41) is 0. The highest BCUT2D eigenvalue weighted by atomic mass is 16.1. The summed E-state index contributed by atoms with van der Waals surface area (Å²) in [6.07, 6.45) is 44.4. The van der Waals surface area contributed by atoms with Crippen molar-refractivity contribution in [1.29, 1.82) is 0 Å². The Morgan fingerprint density at radius 1 is 0.556 bits per heavy atom. The largest absolute Gasteiger partial charge is 0.356 e. The summed E-state index contributed by atoms with van der Waals surface area (Å²) >= 11 is 0. The van der Waals surface area contributed by atoms with Crippen molar-refractivity contribution >= 4 is 11.6 Å². The molecule has 0 aromatic rings. The van der Waals surface area contributed by atoms with Gasteiger partial charge in [0.15, 0.2) is 5.78 Å². The van der Waals surface area contributed by atoms with Crippen LogP contribution in [0.2, 0.25) is 0 Å². The molecule has 0 aliphatic carbocycles. The van der Waals surface area contributed by atoms with Crippen molar-refractivity contribution in [3.8, 4) is 0 Å². The lowest BCUT2D eigenvalue weighted by Crippen LogP contribution is -2.44. The number of hydrogen-bond donors (Lipinski definition) is 1. The molecule has 4 heteroatoms. The van der Waals surface area contributed by atoms with Crippen molar-refractivity contribution in [2.75, 3.05) is 19.6 Å². The van der Waals surface area contributed by atoms with E-state index in [0.29, 0.717) is 13.0 Å². The van der Waals surface area contributed by atoms with Gasteiger partial charge < -0.3 is 10.6 Å². The van der Waals surface area contributed by atoms with E-state index in [1.165, 1.54) is 198 Å². The van der Waals surface area contributed by atoms with E-state index < -0.39 is 0 Å². The molecule has 266 valence electrons. The van der Waals surface area contributed by atoms with Crippen LogP contribution in [0.25, 0.3) is 0 Å². The zero-order valence-corrected chi connectivity index (χ0v) is 30.9. The third-order valence-corrected chi connectivity index (χ3v) is 10.1. The lowest BCUT2D eigenvalue weighted by molar-refractivity contribution is -0.120. The summed E-state index contributed by atoms with van der Waals surface area (Å²) in [4.78, 5) is 19.8. The number of unbranched alkanes of at least 4 members (excludes halogenated alkanes) is 29. The number of nitrogens with zero attached hydrogens (tertiary/aromatic N) is 2. The van der Waals surface area contributed by atoms with Crippen LogP contribution in [-0.2, 0) is 4.79 Å². The van der Waals surface area contributed by atoms with Gasteiger partial charge in [-0.25, -0.2) is 0 Å². The van der Waals surface area contributed by atoms with Gasteiger partial charge in [0, 0.05) is 25.9 Å². The van der Waals surface area contributed by atoms with Crippen LogP contribution < -0.4 is 5.73 Å². The van der Waals surface area contributed by atoms with Crippen LogP contribution in [0, 0.1) is 0 Å². The molecule has 2 N–H and O–H groups in total. The molecule has 1 heterocycles. The zero-order chi connectivity index (χ0) is 32.5. The molecule has 0 fully saturated rings. The van der Waals surface area contributed by atoms with Gasteiger partial charge in [0.1, 0.15) is 0 Å². The molecule has 0 bridgehead atoms. The van der Waals surface area contributed by atoms with Crippen molar-refractivity contribution in [1.82, 2.24) is 4.90 Å². The molecule has 1 rings (SSSR count). The first-order valence-corrected chi connectivity index (χ1v) is 20.8. The standard InChI is InChI=1S/C41H81N3O/c1-3-5-7-9-11-13-15-17-19-21-23-25-27-29-31-33-35-41-43-36-37-44(41)38-39(42)40(45)34-32-30-28-26-24-22-20-18-16-14-12-10-8-6-4-2/h39H,3-38,42H2,1-2H3. The number of nitrogens with two attached hydrogens (primary N) is 1. The number of ketones is 1. The Morgan fingerprint density at radius 3 is 1.27 bits per heavy atom. The summed E-state index contributed by atoms with van der Waals surface area (Å²) < 4.78 is 0. The van der Waals surface area contributed by atoms with Crippen LogP contribution >= 0.6 is 0 Å². The third kappa shape index (κ3) is 26.8. The van der Waals surface area contributed by atoms with E-state index in [-0.39, 0.29) is 11.8 Å². The Kier molecular flexibility index (Phi) is 30.9. The molecule has 0 saturated carbocycles. The van der Waals surface area contributed by atoms with Crippen LogP contribution in [0.5, 0.6) is 0 Å². The predicted molar refractivity (Wildman–Crippen MR) is 201 cm³/mol. The second-order valence-electron chi connectivity index (χ2n) is 14.6. The van der Waals surface area contributed by atoms with Crippen molar-refractivity contribution in [2.45, 2.75) is 232 Å². The second-order valence-corrected chi connectivity index (χ2v) is 14.6. The summed E-state index contributed by atoms with van der Waals surface area (Å²) in [5.41, 5.74) is 6.36. The molecule has 0 aromatic heterocycles. The fourth-order valence-corrected chi connectivity index (χ4v) is 6.99. The van der Waals surface area contributed by atoms with Gasteiger partial charge in [-0.2, -0.15) is 0 Å². The number of carbonyl (C=O) groups excluding carboxylic acids is 1. The normalized spacial score (nSPS) is 13.9. The lowest BCUT2D eigenvalue weighted by Gasteiger charge is -2.23. The fraction of sp³-hybridized carbons (Fsp3) is 0.951. The van der Waals surface area contributed by atoms with Gasteiger partial charge in [0.25, 0.3) is 0 Å². The Bertz CT molecular complexity index is 663. The van der Waals surface area contributed by atoms with Crippen LogP contribution in [-0.4, -0.2) is 42.2 Å². The topological polar surface area (TPSA) is 58.7 Å². The van der Waals surface area contributed by atoms with E-state index in [4.69, 9.17) is 10.7 Å². The molecule has 0 radical (unpaired) electrons. The molecule has 4 nitrogen and oxygen atoms in total. The van der Waals surface area contributed by atoms with Crippen LogP contribution in [0.1, 0.15) is 226 Å². The van der Waals surface area contributed by atoms with Crippen molar-refractivity contribution in [2.24, 2.45) is 10.7 Å². The molecule has 45 heavy (non-hydrogen) atoms. The van der Waals surface area contributed by atoms with Crippen LogP contribution in [0.3, 0.4) is 0 Å². The van der Waals surface area contributed by atoms with E-state index in [0.717, 1.165) is 25.9 Å². The number of Topliss-reactive ketones (excluding diaryl/α,β-unsaturated/α-hetero) is 1. The van der Waals surface area contributed by atoms with E-state index in [1.54, 1.807) is 0 Å². The van der Waals surface area contributed by atoms with E-state index in [9.17, 15) is 4.79 Å². The molecule has 1 atom stereocenters. The number of aliphatic imine (C=N–C) groups is 1. The number of hydrogen-bond acceptors (Lipinski definition) is 4. The molecule has 0 saturated heterocycles. The first-order valence-electron chi connectivity index (χ1n) is 20.8. The summed E-state index contributed by atoms with van der Waals surface area (Å²) in [6.45, 7) is 7.05. The molecule has 0 spiro atoms. The van der Waals surface area contributed by atoms with E-state index in [2.05, 4.69) is 18.7 Å². The van der Waals surface area contributed by atoms with Gasteiger partial charge in [-0.3, -0.25) is 9.79 Å². The minimum absolute atomic E-state index is 0.248.